The Hall–Kier alpha value is -10.2. The van der Waals surface area contributed by atoms with Crippen molar-refractivity contribution in [3.63, 3.8) is 0 Å². The number of carboxylic acids is 12. The van der Waals surface area contributed by atoms with Crippen LogP contribution in [0.3, 0.4) is 0 Å². The zero-order valence-electron chi connectivity index (χ0n) is 39.3. The Bertz CT molecular complexity index is 2860. The summed E-state index contributed by atoms with van der Waals surface area (Å²) in [6.45, 7) is 0. The van der Waals surface area contributed by atoms with Crippen LogP contribution in [0.5, 0.6) is 0 Å². The number of carbonyl (C=O) groups excluding carboxylic acids is 12. The van der Waals surface area contributed by atoms with E-state index >= 15 is 0 Å². The number of hydrogen-bond donors (Lipinski definition) is 0. The fourth-order valence-corrected chi connectivity index (χ4v) is 5.77. The molecule has 82 heavy (non-hydrogen) atoms. The fourth-order valence-electron chi connectivity index (χ4n) is 5.77. The monoisotopic (exact) mass is 1290 g/mol. The molecule has 0 unspecified atom stereocenters. The summed E-state index contributed by atoms with van der Waals surface area (Å²) >= 11 is 0. The molecule has 6 aromatic rings. The van der Waals surface area contributed by atoms with Gasteiger partial charge in [-0.15, -0.1) is 0 Å². The third-order valence-electron chi connectivity index (χ3n) is 9.18. The summed E-state index contributed by atoms with van der Waals surface area (Å²) in [6.07, 6.45) is 0. The van der Waals surface area contributed by atoms with Gasteiger partial charge >= 0.3 is 68.3 Å². The number of benzene rings is 6. The van der Waals surface area contributed by atoms with E-state index in [0.717, 1.165) is 109 Å². The van der Waals surface area contributed by atoms with Crippen molar-refractivity contribution in [2.75, 3.05) is 0 Å². The van der Waals surface area contributed by atoms with Crippen LogP contribution in [0.1, 0.15) is 124 Å². The molecule has 416 valence electrons. The summed E-state index contributed by atoms with van der Waals surface area (Å²) in [5, 5.41) is 152. The van der Waals surface area contributed by atoms with E-state index in [1.807, 2.05) is 0 Å². The third kappa shape index (κ3) is 21.2. The molecule has 6 rings (SSSR count). The Morgan fingerprint density at radius 2 is 0.244 bits per heavy atom. The average molecular weight is 1290 g/mol. The summed E-state index contributed by atoms with van der Waals surface area (Å²) in [5.41, 5.74) is -7.34. The first-order valence-electron chi connectivity index (χ1n) is 20.2. The van der Waals surface area contributed by atoms with Gasteiger partial charge in [0.15, 0.2) is 0 Å². The van der Waals surface area contributed by atoms with Crippen LogP contribution in [0.15, 0.2) is 140 Å². The number of nitrogens with zero attached hydrogens (tertiary/aromatic N) is 6. The Kier molecular flexibility index (Phi) is 28.1. The first-order valence-corrected chi connectivity index (χ1v) is 20.2. The molecule has 0 bridgehead atoms. The Morgan fingerprint density at radius 1 is 0.171 bits per heavy atom. The van der Waals surface area contributed by atoms with E-state index in [1.165, 1.54) is 0 Å². The molecule has 0 saturated carbocycles. The smallest absolute Gasteiger partial charge is 0.545 e. The second kappa shape index (κ2) is 32.0. The van der Waals surface area contributed by atoms with Gasteiger partial charge in [-0.05, 0) is 109 Å². The maximum Gasteiger partial charge on any atom is 3.00 e. The van der Waals surface area contributed by atoms with Gasteiger partial charge in [0.2, 0.25) is 0 Å². The van der Waals surface area contributed by atoms with Crippen molar-refractivity contribution < 1.29 is 187 Å². The number of hydrogen-bond acceptors (Lipinski definition) is 30. The Labute approximate surface area is 496 Å². The molecule has 34 heteroatoms. The Balaban J connectivity index is 0.00000117. The number of azo groups is 3. The molecule has 0 aliphatic carbocycles. The van der Waals surface area contributed by atoms with Crippen LogP contribution >= 0.6 is 0 Å². The van der Waals surface area contributed by atoms with Crippen LogP contribution < -0.4 is 61.3 Å². The molecule has 0 fully saturated rings. The molecule has 0 aliphatic rings. The summed E-state index contributed by atoms with van der Waals surface area (Å²) in [6, 6.07) is 16.2. The third-order valence-corrected chi connectivity index (χ3v) is 9.18. The normalized spacial score (nSPS) is 10.1. The van der Waals surface area contributed by atoms with Crippen molar-refractivity contribution in [2.24, 2.45) is 30.7 Å². The van der Waals surface area contributed by atoms with Gasteiger partial charge in [-0.2, -0.15) is 30.7 Å². The molecule has 0 atom stereocenters. The topological polar surface area (TPSA) is 556 Å². The molecule has 0 N–H and O–H groups in total. The summed E-state index contributed by atoms with van der Waals surface area (Å²) in [4.78, 5) is 131. The van der Waals surface area contributed by atoms with Gasteiger partial charge in [0.25, 0.3) is 0 Å². The average Bonchev–Trinajstić information content (AvgIpc) is 3.38. The minimum absolute atomic E-state index is 0. The predicted octanol–water partition coefficient (Wildman–Crippen LogP) is -7.34. The molecule has 6 aromatic carbocycles. The van der Waals surface area contributed by atoms with Crippen LogP contribution in [-0.4, -0.2) is 71.6 Å². The van der Waals surface area contributed by atoms with E-state index in [4.69, 9.17) is 0 Å². The summed E-state index contributed by atoms with van der Waals surface area (Å²) in [5.74, 6) is -20.0. The zero-order valence-corrected chi connectivity index (χ0v) is 43.7. The minimum Gasteiger partial charge on any atom is -0.545 e. The van der Waals surface area contributed by atoms with E-state index in [1.54, 1.807) is 0 Å². The maximum atomic E-state index is 10.9. The quantitative estimate of drug-likeness (QED) is 0.0570. The van der Waals surface area contributed by atoms with Gasteiger partial charge in [0.05, 0.1) is 106 Å². The maximum absolute atomic E-state index is 10.9. The molecule has 30 nitrogen and oxygen atoms in total. The predicted molar refractivity (Wildman–Crippen MR) is 223 cm³/mol. The van der Waals surface area contributed by atoms with Crippen molar-refractivity contribution in [1.82, 2.24) is 0 Å². The van der Waals surface area contributed by atoms with Crippen LogP contribution in [0.2, 0.25) is 0 Å². The number of carbonyl (C=O) groups is 12. The van der Waals surface area contributed by atoms with Crippen molar-refractivity contribution in [3.05, 3.63) is 176 Å². The van der Waals surface area contributed by atoms with Crippen molar-refractivity contribution in [3.8, 4) is 0 Å². The van der Waals surface area contributed by atoms with Crippen LogP contribution in [0, 0.1) is 0 Å². The van der Waals surface area contributed by atoms with Crippen LogP contribution in [-0.2, 0) is 68.3 Å². The molecule has 0 aromatic heterocycles. The first kappa shape index (κ1) is 71.8. The van der Waals surface area contributed by atoms with Crippen molar-refractivity contribution in [1.29, 1.82) is 0 Å². The van der Waals surface area contributed by atoms with Gasteiger partial charge in [-0.25, -0.2) is 0 Å². The number of carboxylic acid groups (broad SMARTS) is 12. The van der Waals surface area contributed by atoms with Crippen molar-refractivity contribution >= 4 is 106 Å². The van der Waals surface area contributed by atoms with Gasteiger partial charge in [0, 0.05) is 66.8 Å². The van der Waals surface area contributed by atoms with E-state index in [9.17, 15) is 119 Å². The number of rotatable bonds is 18. The van der Waals surface area contributed by atoms with E-state index in [2.05, 4.69) is 30.7 Å². The van der Waals surface area contributed by atoms with Gasteiger partial charge in [-0.3, -0.25) is 0 Å². The van der Waals surface area contributed by atoms with Crippen LogP contribution in [0.4, 0.5) is 34.1 Å². The second-order valence-corrected chi connectivity index (χ2v) is 14.7. The molecule has 0 spiro atoms. The molecular formula is C48H18Fe4N6O24. The first-order chi connectivity index (χ1) is 36.5. The zero-order chi connectivity index (χ0) is 58.3. The fraction of sp³-hybridized carbons (Fsp3) is 0. The number of aromatic carboxylic acids is 12. The summed E-state index contributed by atoms with van der Waals surface area (Å²) < 4.78 is 0. The van der Waals surface area contributed by atoms with Gasteiger partial charge in [-0.1, -0.05) is 0 Å². The minimum atomic E-state index is -1.66. The SMILES string of the molecule is O=C([O-])c1cc(/N=N/c2cc(C(=O)[O-])cc(C(=O)[O-])c2)cc(C(=O)[O-])c1.O=C([O-])c1cc(/N=N/c2cc(C(=O)[O-])cc(C(=O)[O-])c2)cc(C(=O)[O-])c1.O=C([O-])c1cc(/N=N/c2cc(C(=O)[O-])cc(C(=O)[O-])c2)cc(C(=O)[O-])c1.[Fe+3].[Fe+3].[Fe+3].[Fe+3]. The van der Waals surface area contributed by atoms with E-state index in [0.29, 0.717) is 0 Å². The second-order valence-electron chi connectivity index (χ2n) is 14.7. The van der Waals surface area contributed by atoms with E-state index in [-0.39, 0.29) is 102 Å². The van der Waals surface area contributed by atoms with Gasteiger partial charge < -0.3 is 119 Å². The molecule has 0 aliphatic heterocycles. The molecular weight excluding hydrogens is 1270 g/mol. The standard InChI is InChI=1S/3C16H10N2O8.4Fe/c3*19-13(20)7-1-8(14(21)22)4-11(3-7)17-18-12-5-9(15(23)24)2-10(6-12)16(25)26;;;;/h3*1-6H,(H,19,20)(H,21,22)(H,23,24)(H,25,26);;;;/q;;;4*+3/p-12/b3*18-17+;;;;. The molecule has 0 saturated heterocycles. The van der Waals surface area contributed by atoms with Crippen LogP contribution in [0.25, 0.3) is 0 Å². The van der Waals surface area contributed by atoms with E-state index < -0.39 is 138 Å². The molecule has 4 radical (unpaired) electrons. The Morgan fingerprint density at radius 3 is 0.305 bits per heavy atom. The summed E-state index contributed by atoms with van der Waals surface area (Å²) in [7, 11) is 0. The molecule has 0 heterocycles. The largest absolute Gasteiger partial charge is 3.00 e. The van der Waals surface area contributed by atoms with Gasteiger partial charge in [0.1, 0.15) is 0 Å². The van der Waals surface area contributed by atoms with Crippen molar-refractivity contribution in [2.45, 2.75) is 0 Å². The molecule has 0 amide bonds.